The van der Waals surface area contributed by atoms with Crippen molar-refractivity contribution in [3.63, 3.8) is 0 Å². The summed E-state index contributed by atoms with van der Waals surface area (Å²) in [6, 6.07) is 9.04. The van der Waals surface area contributed by atoms with Crippen molar-refractivity contribution in [2.75, 3.05) is 0 Å². The lowest BCUT2D eigenvalue weighted by Crippen LogP contribution is -2.35. The molecule has 0 aliphatic rings. The normalized spacial score (nSPS) is 11.0. The van der Waals surface area contributed by atoms with Crippen LogP contribution in [-0.4, -0.2) is 20.9 Å². The van der Waals surface area contributed by atoms with Crippen molar-refractivity contribution in [1.82, 2.24) is 15.1 Å². The Labute approximate surface area is 94.9 Å². The Bertz CT molecular complexity index is 472. The van der Waals surface area contributed by atoms with Gasteiger partial charge in [-0.1, -0.05) is 22.9 Å². The van der Waals surface area contributed by atoms with E-state index in [9.17, 15) is 8.78 Å². The van der Waals surface area contributed by atoms with Crippen LogP contribution in [0, 0.1) is 0 Å². The minimum absolute atomic E-state index is 0.170. The Kier molecular flexibility index (Phi) is 3.14. The topological polar surface area (TPSA) is 34.6 Å². The van der Waals surface area contributed by atoms with Gasteiger partial charge in [-0.15, -0.1) is 0 Å². The van der Waals surface area contributed by atoms with E-state index in [1.54, 1.807) is 19.2 Å². The van der Waals surface area contributed by atoms with Gasteiger partial charge in [0.05, 0.1) is 10.3 Å². The van der Waals surface area contributed by atoms with E-state index in [0.29, 0.717) is 17.4 Å². The summed E-state index contributed by atoms with van der Waals surface area (Å²) in [6.45, 7) is 0. The molecule has 0 saturated carbocycles. The predicted molar refractivity (Wildman–Crippen MR) is 54.4 cm³/mol. The van der Waals surface area contributed by atoms with E-state index in [1.807, 2.05) is 18.2 Å². The molecule has 0 fully saturated rings. The van der Waals surface area contributed by atoms with E-state index in [2.05, 4.69) is 10.3 Å². The number of halogens is 2. The number of para-hydroxylation sites is 1. The third-order valence-electron chi connectivity index (χ3n) is 1.83. The van der Waals surface area contributed by atoms with E-state index in [-0.39, 0.29) is 5.16 Å². The van der Waals surface area contributed by atoms with Crippen LogP contribution in [0.5, 0.6) is 0 Å². The summed E-state index contributed by atoms with van der Waals surface area (Å²) < 4.78 is 26.0. The number of hydrogen-bond acceptors (Lipinski definition) is 3. The molecule has 1 aromatic carbocycles. The zero-order valence-corrected chi connectivity index (χ0v) is 9.23. The molecule has 4 nitrogen and oxygen atoms in total. The average Bonchev–Trinajstić information content (AvgIpc) is 2.60. The summed E-state index contributed by atoms with van der Waals surface area (Å²) in [5.41, 5.74) is 0.707. The SMILES string of the molecule is Cn1nc(SC(F)F)[n+](-c2ccccc2)n1. The summed E-state index contributed by atoms with van der Waals surface area (Å²) >= 11 is 0.376. The van der Waals surface area contributed by atoms with Gasteiger partial charge in [-0.3, -0.25) is 0 Å². The maximum Gasteiger partial charge on any atom is 0.368 e. The van der Waals surface area contributed by atoms with E-state index < -0.39 is 5.76 Å². The third-order valence-corrected chi connectivity index (χ3v) is 2.47. The molecule has 0 aliphatic heterocycles. The number of tetrazole rings is 1. The maximum atomic E-state index is 12.3. The van der Waals surface area contributed by atoms with Gasteiger partial charge in [0.2, 0.25) is 0 Å². The molecular formula is C9H9F2N4S+. The van der Waals surface area contributed by atoms with Crippen molar-refractivity contribution in [2.45, 2.75) is 10.9 Å². The molecule has 2 aromatic rings. The van der Waals surface area contributed by atoms with Crippen LogP contribution in [0.15, 0.2) is 35.5 Å². The lowest BCUT2D eigenvalue weighted by molar-refractivity contribution is -0.699. The smallest absolute Gasteiger partial charge is 0.197 e. The molecule has 7 heteroatoms. The van der Waals surface area contributed by atoms with Crippen molar-refractivity contribution < 1.29 is 13.5 Å². The van der Waals surface area contributed by atoms with Crippen LogP contribution in [0.2, 0.25) is 0 Å². The number of nitrogens with zero attached hydrogens (tertiary/aromatic N) is 4. The summed E-state index contributed by atoms with van der Waals surface area (Å²) in [6.07, 6.45) is 0. The number of thioether (sulfide) groups is 1. The largest absolute Gasteiger partial charge is 0.368 e. The van der Waals surface area contributed by atoms with Gasteiger partial charge in [0, 0.05) is 11.8 Å². The number of benzene rings is 1. The fourth-order valence-electron chi connectivity index (χ4n) is 1.24. The van der Waals surface area contributed by atoms with Crippen LogP contribution in [0.1, 0.15) is 0 Å². The standard InChI is InChI=1S/C9H9F2N4S/c1-14-12-9(16-8(10)11)15(13-14)7-5-3-2-4-6-7/h2-6,8H,1H3/q+1. The summed E-state index contributed by atoms with van der Waals surface area (Å²) in [5.74, 6) is -2.51. The highest BCUT2D eigenvalue weighted by Crippen LogP contribution is 2.20. The highest BCUT2D eigenvalue weighted by atomic mass is 32.2. The Morgan fingerprint density at radius 3 is 2.62 bits per heavy atom. The van der Waals surface area contributed by atoms with Gasteiger partial charge in [0.25, 0.3) is 5.76 Å². The Balaban J connectivity index is 2.40. The molecule has 1 heterocycles. The predicted octanol–water partition coefficient (Wildman–Crippen LogP) is 1.41. The molecule has 1 aromatic heterocycles. The number of alkyl halides is 2. The molecule has 0 radical (unpaired) electrons. The third kappa shape index (κ3) is 2.35. The first-order valence-electron chi connectivity index (χ1n) is 4.50. The number of aryl methyl sites for hydroxylation is 1. The second-order valence-corrected chi connectivity index (χ2v) is 3.94. The molecule has 0 unspecified atom stereocenters. The summed E-state index contributed by atoms with van der Waals surface area (Å²) in [5, 5.41) is 8.05. The molecular weight excluding hydrogens is 234 g/mol. The highest BCUT2D eigenvalue weighted by Gasteiger charge is 2.23. The Morgan fingerprint density at radius 2 is 2.00 bits per heavy atom. The number of hydrogen-bond donors (Lipinski definition) is 0. The second-order valence-electron chi connectivity index (χ2n) is 2.99. The van der Waals surface area contributed by atoms with Crippen molar-refractivity contribution in [3.8, 4) is 5.69 Å². The van der Waals surface area contributed by atoms with Gasteiger partial charge < -0.3 is 0 Å². The molecule has 0 atom stereocenters. The average molecular weight is 243 g/mol. The fourth-order valence-corrected chi connectivity index (χ4v) is 1.80. The van der Waals surface area contributed by atoms with Gasteiger partial charge in [-0.2, -0.15) is 8.78 Å². The zero-order chi connectivity index (χ0) is 11.5. The zero-order valence-electron chi connectivity index (χ0n) is 8.42. The number of aromatic nitrogens is 4. The monoisotopic (exact) mass is 243 g/mol. The molecule has 0 amide bonds. The first kappa shape index (κ1) is 11.0. The second kappa shape index (κ2) is 4.56. The van der Waals surface area contributed by atoms with Crippen LogP contribution in [0.4, 0.5) is 8.78 Å². The lowest BCUT2D eigenvalue weighted by atomic mass is 10.3. The van der Waals surface area contributed by atoms with Crippen LogP contribution in [0.25, 0.3) is 5.69 Å². The van der Waals surface area contributed by atoms with Crippen molar-refractivity contribution in [3.05, 3.63) is 30.3 Å². The maximum absolute atomic E-state index is 12.3. The van der Waals surface area contributed by atoms with E-state index >= 15 is 0 Å². The summed E-state index contributed by atoms with van der Waals surface area (Å²) in [7, 11) is 1.59. The van der Waals surface area contributed by atoms with Gasteiger partial charge in [-0.25, -0.2) is 0 Å². The highest BCUT2D eigenvalue weighted by molar-refractivity contribution is 7.99. The van der Waals surface area contributed by atoms with Crippen molar-refractivity contribution in [1.29, 1.82) is 0 Å². The molecule has 16 heavy (non-hydrogen) atoms. The van der Waals surface area contributed by atoms with E-state index in [0.717, 1.165) is 0 Å². The van der Waals surface area contributed by atoms with Crippen LogP contribution >= 0.6 is 11.8 Å². The fraction of sp³-hybridized carbons (Fsp3) is 0.222. The van der Waals surface area contributed by atoms with Gasteiger partial charge in [0.15, 0.2) is 0 Å². The van der Waals surface area contributed by atoms with Crippen LogP contribution < -0.4 is 4.68 Å². The quantitative estimate of drug-likeness (QED) is 0.604. The molecule has 2 rings (SSSR count). The summed E-state index contributed by atoms with van der Waals surface area (Å²) in [4.78, 5) is 1.26. The molecule has 84 valence electrons. The van der Waals surface area contributed by atoms with Crippen LogP contribution in [-0.2, 0) is 7.05 Å². The number of rotatable bonds is 3. The molecule has 0 saturated heterocycles. The van der Waals surface area contributed by atoms with Gasteiger partial charge in [0.1, 0.15) is 12.7 Å². The Morgan fingerprint density at radius 1 is 1.31 bits per heavy atom. The van der Waals surface area contributed by atoms with Crippen LogP contribution in [0.3, 0.4) is 0 Å². The molecule has 0 spiro atoms. The van der Waals surface area contributed by atoms with Gasteiger partial charge in [-0.05, 0) is 16.9 Å². The lowest BCUT2D eigenvalue weighted by Gasteiger charge is -1.95. The first-order chi connectivity index (χ1) is 7.66. The minimum Gasteiger partial charge on any atom is -0.197 e. The minimum atomic E-state index is -2.51. The van der Waals surface area contributed by atoms with Crippen molar-refractivity contribution in [2.24, 2.45) is 7.05 Å². The molecule has 0 bridgehead atoms. The van der Waals surface area contributed by atoms with E-state index in [1.165, 1.54) is 9.48 Å². The Hall–Kier alpha value is -1.50. The molecule has 0 N–H and O–H groups in total. The molecule has 0 aliphatic carbocycles. The van der Waals surface area contributed by atoms with Gasteiger partial charge >= 0.3 is 5.16 Å². The first-order valence-corrected chi connectivity index (χ1v) is 5.38. The van der Waals surface area contributed by atoms with Crippen molar-refractivity contribution >= 4 is 11.8 Å². The van der Waals surface area contributed by atoms with E-state index in [4.69, 9.17) is 0 Å².